The second-order valence-electron chi connectivity index (χ2n) is 7.30. The molecule has 1 amide bonds. The van der Waals surface area contributed by atoms with Gasteiger partial charge in [0.15, 0.2) is 11.5 Å². The molecule has 1 aromatic heterocycles. The maximum Gasteiger partial charge on any atom is 0.231 e. The Bertz CT molecular complexity index is 811. The smallest absolute Gasteiger partial charge is 0.231 e. The summed E-state index contributed by atoms with van der Waals surface area (Å²) in [4.78, 5) is 12.6. The number of aromatic nitrogens is 2. The van der Waals surface area contributed by atoms with Gasteiger partial charge in [0.1, 0.15) is 0 Å². The standard InChI is InChI=1S/C20H27N3O3/c1-12(2)10-23-15(5)17(14(4)22-23)9-20(24)21-13(3)16-6-7-18-19(8-16)26-11-25-18/h6-8,12-13H,9-11H2,1-5H3,(H,21,24). The third-order valence-corrected chi connectivity index (χ3v) is 4.68. The van der Waals surface area contributed by atoms with E-state index < -0.39 is 0 Å². The highest BCUT2D eigenvalue weighted by atomic mass is 16.7. The van der Waals surface area contributed by atoms with Gasteiger partial charge in [0.05, 0.1) is 18.2 Å². The summed E-state index contributed by atoms with van der Waals surface area (Å²) in [5.74, 6) is 1.98. The lowest BCUT2D eigenvalue weighted by molar-refractivity contribution is -0.121. The lowest BCUT2D eigenvalue weighted by Gasteiger charge is -2.15. The molecule has 0 spiro atoms. The van der Waals surface area contributed by atoms with Gasteiger partial charge in [-0.05, 0) is 44.4 Å². The number of aryl methyl sites for hydroxylation is 1. The number of carbonyl (C=O) groups excluding carboxylic acids is 1. The average molecular weight is 357 g/mol. The molecule has 0 bridgehead atoms. The van der Waals surface area contributed by atoms with E-state index in [1.165, 1.54) is 0 Å². The molecule has 6 nitrogen and oxygen atoms in total. The first-order valence-electron chi connectivity index (χ1n) is 9.07. The fourth-order valence-corrected chi connectivity index (χ4v) is 3.23. The first kappa shape index (κ1) is 18.3. The van der Waals surface area contributed by atoms with Crippen LogP contribution in [0.2, 0.25) is 0 Å². The van der Waals surface area contributed by atoms with Crippen molar-refractivity contribution in [2.45, 2.75) is 53.6 Å². The van der Waals surface area contributed by atoms with Crippen molar-refractivity contribution in [1.82, 2.24) is 15.1 Å². The van der Waals surface area contributed by atoms with Crippen LogP contribution in [0.4, 0.5) is 0 Å². The summed E-state index contributed by atoms with van der Waals surface area (Å²) in [5.41, 5.74) is 4.00. The van der Waals surface area contributed by atoms with E-state index in [0.717, 1.165) is 40.6 Å². The normalized spacial score (nSPS) is 13.9. The van der Waals surface area contributed by atoms with Crippen molar-refractivity contribution in [2.75, 3.05) is 6.79 Å². The highest BCUT2D eigenvalue weighted by Crippen LogP contribution is 2.34. The largest absolute Gasteiger partial charge is 0.454 e. The van der Waals surface area contributed by atoms with E-state index in [1.54, 1.807) is 0 Å². The van der Waals surface area contributed by atoms with Crippen molar-refractivity contribution in [3.8, 4) is 11.5 Å². The third-order valence-electron chi connectivity index (χ3n) is 4.68. The molecule has 0 saturated carbocycles. The minimum atomic E-state index is -0.108. The van der Waals surface area contributed by atoms with Crippen molar-refractivity contribution in [3.63, 3.8) is 0 Å². The number of hydrogen-bond acceptors (Lipinski definition) is 4. The molecule has 0 aliphatic carbocycles. The predicted octanol–water partition coefficient (Wildman–Crippen LogP) is 3.30. The first-order valence-corrected chi connectivity index (χ1v) is 9.07. The SMILES string of the molecule is Cc1nn(CC(C)C)c(C)c1CC(=O)NC(C)c1ccc2c(c1)OCO2. The van der Waals surface area contributed by atoms with Crippen LogP contribution in [0, 0.1) is 19.8 Å². The number of rotatable bonds is 6. The predicted molar refractivity (Wildman–Crippen MR) is 99.4 cm³/mol. The molecule has 2 heterocycles. The van der Waals surface area contributed by atoms with Crippen molar-refractivity contribution < 1.29 is 14.3 Å². The topological polar surface area (TPSA) is 65.4 Å². The highest BCUT2D eigenvalue weighted by Gasteiger charge is 2.19. The molecule has 1 aliphatic rings. The van der Waals surface area contributed by atoms with Crippen LogP contribution in [0.3, 0.4) is 0 Å². The molecule has 0 radical (unpaired) electrons. The number of ether oxygens (including phenoxy) is 2. The van der Waals surface area contributed by atoms with Crippen LogP contribution < -0.4 is 14.8 Å². The minimum Gasteiger partial charge on any atom is -0.454 e. The van der Waals surface area contributed by atoms with Crippen LogP contribution in [0.15, 0.2) is 18.2 Å². The van der Waals surface area contributed by atoms with Gasteiger partial charge in [-0.25, -0.2) is 0 Å². The molecule has 6 heteroatoms. The van der Waals surface area contributed by atoms with Crippen LogP contribution in [-0.4, -0.2) is 22.5 Å². The summed E-state index contributed by atoms with van der Waals surface area (Å²) in [5, 5.41) is 7.65. The molecule has 1 aliphatic heterocycles. The first-order chi connectivity index (χ1) is 12.3. The molecule has 1 atom stereocenters. The van der Waals surface area contributed by atoms with Gasteiger partial charge in [0.2, 0.25) is 12.7 Å². The Morgan fingerprint density at radius 2 is 1.96 bits per heavy atom. The van der Waals surface area contributed by atoms with Crippen molar-refractivity contribution in [2.24, 2.45) is 5.92 Å². The van der Waals surface area contributed by atoms with E-state index in [4.69, 9.17) is 9.47 Å². The van der Waals surface area contributed by atoms with Crippen LogP contribution >= 0.6 is 0 Å². The molecular weight excluding hydrogens is 330 g/mol. The summed E-state index contributed by atoms with van der Waals surface area (Å²) in [6.07, 6.45) is 0.338. The number of nitrogens with one attached hydrogen (secondary N) is 1. The summed E-state index contributed by atoms with van der Waals surface area (Å²) in [7, 11) is 0. The van der Waals surface area contributed by atoms with Gasteiger partial charge in [-0.15, -0.1) is 0 Å². The van der Waals surface area contributed by atoms with Gasteiger partial charge in [-0.3, -0.25) is 9.48 Å². The zero-order valence-electron chi connectivity index (χ0n) is 16.1. The van der Waals surface area contributed by atoms with Crippen LogP contribution in [0.5, 0.6) is 11.5 Å². The third kappa shape index (κ3) is 3.84. The van der Waals surface area contributed by atoms with E-state index in [2.05, 4.69) is 24.3 Å². The van der Waals surface area contributed by atoms with Crippen molar-refractivity contribution in [1.29, 1.82) is 0 Å². The van der Waals surface area contributed by atoms with E-state index >= 15 is 0 Å². The van der Waals surface area contributed by atoms with Crippen LogP contribution in [0.25, 0.3) is 0 Å². The molecule has 2 aromatic rings. The summed E-state index contributed by atoms with van der Waals surface area (Å²) >= 11 is 0. The number of benzene rings is 1. The number of carbonyl (C=O) groups is 1. The lowest BCUT2D eigenvalue weighted by Crippen LogP contribution is -2.28. The van der Waals surface area contributed by atoms with Gasteiger partial charge >= 0.3 is 0 Å². The van der Waals surface area contributed by atoms with E-state index in [1.807, 2.05) is 43.7 Å². The Hall–Kier alpha value is -2.50. The Morgan fingerprint density at radius 1 is 1.23 bits per heavy atom. The van der Waals surface area contributed by atoms with Crippen molar-refractivity contribution >= 4 is 5.91 Å². The summed E-state index contributed by atoms with van der Waals surface area (Å²) < 4.78 is 12.7. The van der Waals surface area contributed by atoms with Crippen molar-refractivity contribution in [3.05, 3.63) is 40.7 Å². The fourth-order valence-electron chi connectivity index (χ4n) is 3.23. The number of amides is 1. The van der Waals surface area contributed by atoms with E-state index in [0.29, 0.717) is 12.3 Å². The molecule has 0 fully saturated rings. The monoisotopic (exact) mass is 357 g/mol. The highest BCUT2D eigenvalue weighted by molar-refractivity contribution is 5.79. The van der Waals surface area contributed by atoms with E-state index in [-0.39, 0.29) is 18.7 Å². The average Bonchev–Trinajstić information content (AvgIpc) is 3.14. The van der Waals surface area contributed by atoms with Gasteiger partial charge in [0, 0.05) is 17.8 Å². The van der Waals surface area contributed by atoms with Crippen LogP contribution in [-0.2, 0) is 17.8 Å². The molecule has 0 saturated heterocycles. The zero-order chi connectivity index (χ0) is 18.8. The lowest BCUT2D eigenvalue weighted by atomic mass is 10.1. The van der Waals surface area contributed by atoms with Gasteiger partial charge in [0.25, 0.3) is 0 Å². The van der Waals surface area contributed by atoms with Crippen LogP contribution in [0.1, 0.15) is 49.3 Å². The molecule has 3 rings (SSSR count). The Kier molecular flexibility index (Phi) is 5.20. The number of hydrogen-bond donors (Lipinski definition) is 1. The Labute approximate surface area is 154 Å². The molecule has 26 heavy (non-hydrogen) atoms. The molecular formula is C20H27N3O3. The number of nitrogens with zero attached hydrogens (tertiary/aromatic N) is 2. The second-order valence-corrected chi connectivity index (χ2v) is 7.30. The van der Waals surface area contributed by atoms with Gasteiger partial charge < -0.3 is 14.8 Å². The van der Waals surface area contributed by atoms with Gasteiger partial charge in [-0.2, -0.15) is 5.10 Å². The molecule has 1 N–H and O–H groups in total. The van der Waals surface area contributed by atoms with Gasteiger partial charge in [-0.1, -0.05) is 19.9 Å². The maximum absolute atomic E-state index is 12.6. The fraction of sp³-hybridized carbons (Fsp3) is 0.500. The number of fused-ring (bicyclic) bond motifs is 1. The summed E-state index contributed by atoms with van der Waals surface area (Å²) in [6, 6.07) is 5.65. The van der Waals surface area contributed by atoms with E-state index in [9.17, 15) is 4.79 Å². The summed E-state index contributed by atoms with van der Waals surface area (Å²) in [6.45, 7) is 11.4. The maximum atomic E-state index is 12.6. The Morgan fingerprint density at radius 3 is 2.69 bits per heavy atom. The molecule has 1 unspecified atom stereocenters. The second kappa shape index (κ2) is 7.40. The Balaban J connectivity index is 1.66. The quantitative estimate of drug-likeness (QED) is 0.861. The minimum absolute atomic E-state index is 0.00883. The molecule has 140 valence electrons. The molecule has 1 aromatic carbocycles. The zero-order valence-corrected chi connectivity index (χ0v) is 16.1.